The lowest BCUT2D eigenvalue weighted by Crippen LogP contribution is -2.26. The molecule has 0 fully saturated rings. The van der Waals surface area contributed by atoms with Gasteiger partial charge in [0.05, 0.1) is 18.2 Å². The van der Waals surface area contributed by atoms with E-state index in [1.807, 2.05) is 18.3 Å². The van der Waals surface area contributed by atoms with Crippen LogP contribution in [0.1, 0.15) is 40.0 Å². The predicted molar refractivity (Wildman–Crippen MR) is 89.4 cm³/mol. The molecule has 0 unspecified atom stereocenters. The third-order valence-corrected chi connectivity index (χ3v) is 4.35. The van der Waals surface area contributed by atoms with Gasteiger partial charge in [-0.2, -0.15) is 0 Å². The summed E-state index contributed by atoms with van der Waals surface area (Å²) in [5.41, 5.74) is 1.46. The summed E-state index contributed by atoms with van der Waals surface area (Å²) < 4.78 is 0. The summed E-state index contributed by atoms with van der Waals surface area (Å²) in [6, 6.07) is 7.31. The molecule has 3 N–H and O–H groups in total. The maximum atomic E-state index is 11.9. The lowest BCUT2D eigenvalue weighted by molar-refractivity contribution is 0.0945. The zero-order valence-electron chi connectivity index (χ0n) is 12.8. The van der Waals surface area contributed by atoms with Gasteiger partial charge >= 0.3 is 0 Å². The summed E-state index contributed by atoms with van der Waals surface area (Å²) in [6.45, 7) is 5.14. The molecule has 0 radical (unpaired) electrons. The van der Waals surface area contributed by atoms with Crippen LogP contribution in [0.5, 0.6) is 0 Å². The van der Waals surface area contributed by atoms with E-state index >= 15 is 0 Å². The summed E-state index contributed by atoms with van der Waals surface area (Å²) in [6.07, 6.45) is 1.89. The highest BCUT2D eigenvalue weighted by molar-refractivity contribution is 7.11. The molecule has 22 heavy (non-hydrogen) atoms. The maximum absolute atomic E-state index is 11.9. The van der Waals surface area contributed by atoms with Crippen molar-refractivity contribution in [3.63, 3.8) is 0 Å². The fourth-order valence-corrected chi connectivity index (χ4v) is 2.76. The molecule has 0 aliphatic rings. The van der Waals surface area contributed by atoms with Crippen LogP contribution >= 0.6 is 11.3 Å². The van der Waals surface area contributed by atoms with Gasteiger partial charge in [-0.3, -0.25) is 4.79 Å². The Hall–Kier alpha value is -1.92. The van der Waals surface area contributed by atoms with Crippen LogP contribution in [0.4, 0.5) is 5.69 Å². The number of anilines is 1. The van der Waals surface area contributed by atoms with Crippen molar-refractivity contribution in [2.45, 2.75) is 26.3 Å². The van der Waals surface area contributed by atoms with Crippen LogP contribution in [-0.2, 0) is 6.54 Å². The third-order valence-electron chi connectivity index (χ3n) is 3.05. The molecule has 0 aliphatic heterocycles. The summed E-state index contributed by atoms with van der Waals surface area (Å²) in [4.78, 5) is 17.4. The zero-order chi connectivity index (χ0) is 15.9. The number of aliphatic hydroxyl groups excluding tert-OH is 1. The molecule has 0 spiro atoms. The minimum absolute atomic E-state index is 0.0623. The number of rotatable bonds is 7. The van der Waals surface area contributed by atoms with E-state index < -0.39 is 0 Å². The smallest absolute Gasteiger partial charge is 0.251 e. The van der Waals surface area contributed by atoms with Gasteiger partial charge in [-0.15, -0.1) is 11.3 Å². The minimum atomic E-state index is -0.183. The average Bonchev–Trinajstić information content (AvgIpc) is 3.00. The third kappa shape index (κ3) is 4.54. The molecule has 0 atom stereocenters. The zero-order valence-corrected chi connectivity index (χ0v) is 13.6. The first kappa shape index (κ1) is 16.5. The van der Waals surface area contributed by atoms with E-state index in [0.717, 1.165) is 10.7 Å². The van der Waals surface area contributed by atoms with Crippen LogP contribution in [0.3, 0.4) is 0 Å². The van der Waals surface area contributed by atoms with Gasteiger partial charge in [-0.05, 0) is 18.2 Å². The van der Waals surface area contributed by atoms with E-state index in [0.29, 0.717) is 18.0 Å². The molecular weight excluding hydrogens is 298 g/mol. The number of carbonyl (C=O) groups excluding carboxylic acids is 1. The minimum Gasteiger partial charge on any atom is -0.395 e. The highest BCUT2D eigenvalue weighted by Crippen LogP contribution is 2.22. The molecule has 118 valence electrons. The van der Waals surface area contributed by atoms with E-state index in [2.05, 4.69) is 29.5 Å². The average molecular weight is 319 g/mol. The van der Waals surface area contributed by atoms with Crippen molar-refractivity contribution in [3.05, 3.63) is 45.9 Å². The molecular formula is C16H21N3O2S. The number of amides is 1. The fraction of sp³-hybridized carbons (Fsp3) is 0.375. The van der Waals surface area contributed by atoms with E-state index in [-0.39, 0.29) is 19.1 Å². The van der Waals surface area contributed by atoms with E-state index in [9.17, 15) is 4.79 Å². The normalized spacial score (nSPS) is 10.7. The monoisotopic (exact) mass is 319 g/mol. The summed E-state index contributed by atoms with van der Waals surface area (Å²) in [5.74, 6) is 0.259. The second kappa shape index (κ2) is 7.91. The molecule has 1 aromatic carbocycles. The van der Waals surface area contributed by atoms with Crippen LogP contribution in [0.15, 0.2) is 30.5 Å². The van der Waals surface area contributed by atoms with Crippen molar-refractivity contribution < 1.29 is 9.90 Å². The summed E-state index contributed by atoms with van der Waals surface area (Å²) >= 11 is 1.70. The largest absolute Gasteiger partial charge is 0.395 e. The topological polar surface area (TPSA) is 74.2 Å². The number of nitrogens with zero attached hydrogens (tertiary/aromatic N) is 1. The Balaban J connectivity index is 1.96. The van der Waals surface area contributed by atoms with Gasteiger partial charge in [0, 0.05) is 34.8 Å². The molecule has 1 heterocycles. The van der Waals surface area contributed by atoms with Crippen molar-refractivity contribution in [2.75, 3.05) is 18.5 Å². The SMILES string of the molecule is CC(C)c1ncc(CNc2cccc(C(=O)NCCO)c2)s1. The molecule has 0 bridgehead atoms. The molecule has 5 nitrogen and oxygen atoms in total. The van der Waals surface area contributed by atoms with Gasteiger partial charge in [0.15, 0.2) is 0 Å². The van der Waals surface area contributed by atoms with Gasteiger partial charge < -0.3 is 15.7 Å². The number of hydrogen-bond donors (Lipinski definition) is 3. The first-order chi connectivity index (χ1) is 10.6. The van der Waals surface area contributed by atoms with Gasteiger partial charge in [0.1, 0.15) is 0 Å². The fourth-order valence-electron chi connectivity index (χ4n) is 1.90. The van der Waals surface area contributed by atoms with Crippen LogP contribution in [0, 0.1) is 0 Å². The Morgan fingerprint density at radius 3 is 2.91 bits per heavy atom. The molecule has 2 aromatic rings. The number of thiazole rings is 1. The van der Waals surface area contributed by atoms with Crippen LogP contribution in [-0.4, -0.2) is 29.1 Å². The number of carbonyl (C=O) groups is 1. The van der Waals surface area contributed by atoms with Crippen molar-refractivity contribution >= 4 is 22.9 Å². The first-order valence-electron chi connectivity index (χ1n) is 7.27. The maximum Gasteiger partial charge on any atom is 0.251 e. The van der Waals surface area contributed by atoms with Crippen molar-refractivity contribution in [2.24, 2.45) is 0 Å². The van der Waals surface area contributed by atoms with Crippen LogP contribution in [0.25, 0.3) is 0 Å². The second-order valence-corrected chi connectivity index (χ2v) is 6.38. The lowest BCUT2D eigenvalue weighted by atomic mass is 10.2. The predicted octanol–water partition coefficient (Wildman–Crippen LogP) is 2.60. The number of nitrogens with one attached hydrogen (secondary N) is 2. The van der Waals surface area contributed by atoms with Gasteiger partial charge in [-0.25, -0.2) is 4.98 Å². The summed E-state index contributed by atoms with van der Waals surface area (Å²) in [5, 5.41) is 15.8. The molecule has 0 saturated heterocycles. The van der Waals surface area contributed by atoms with E-state index in [1.54, 1.807) is 23.5 Å². The molecule has 6 heteroatoms. The Bertz CT molecular complexity index is 625. The number of aliphatic hydroxyl groups is 1. The highest BCUT2D eigenvalue weighted by Gasteiger charge is 2.07. The second-order valence-electron chi connectivity index (χ2n) is 5.23. The number of benzene rings is 1. The first-order valence-corrected chi connectivity index (χ1v) is 8.09. The Labute approximate surface area is 134 Å². The van der Waals surface area contributed by atoms with E-state index in [4.69, 9.17) is 5.11 Å². The Morgan fingerprint density at radius 1 is 1.41 bits per heavy atom. The van der Waals surface area contributed by atoms with Crippen LogP contribution in [0.2, 0.25) is 0 Å². The number of aromatic nitrogens is 1. The number of hydrogen-bond acceptors (Lipinski definition) is 5. The summed E-state index contributed by atoms with van der Waals surface area (Å²) in [7, 11) is 0. The molecule has 1 amide bonds. The quantitative estimate of drug-likeness (QED) is 0.733. The molecule has 0 aliphatic carbocycles. The Kier molecular flexibility index (Phi) is 5.91. The van der Waals surface area contributed by atoms with Crippen LogP contribution < -0.4 is 10.6 Å². The van der Waals surface area contributed by atoms with Gasteiger partial charge in [0.2, 0.25) is 0 Å². The van der Waals surface area contributed by atoms with Crippen molar-refractivity contribution in [1.82, 2.24) is 10.3 Å². The van der Waals surface area contributed by atoms with Gasteiger partial charge in [-0.1, -0.05) is 19.9 Å². The lowest BCUT2D eigenvalue weighted by Gasteiger charge is -2.07. The van der Waals surface area contributed by atoms with E-state index in [1.165, 1.54) is 4.88 Å². The van der Waals surface area contributed by atoms with Crippen molar-refractivity contribution in [3.8, 4) is 0 Å². The molecule has 1 aromatic heterocycles. The molecule has 0 saturated carbocycles. The van der Waals surface area contributed by atoms with Gasteiger partial charge in [0.25, 0.3) is 5.91 Å². The highest BCUT2D eigenvalue weighted by atomic mass is 32.1. The Morgan fingerprint density at radius 2 is 2.23 bits per heavy atom. The van der Waals surface area contributed by atoms with Crippen molar-refractivity contribution in [1.29, 1.82) is 0 Å². The standard InChI is InChI=1S/C16H21N3O2S/c1-11(2)16-19-10-14(22-16)9-18-13-5-3-4-12(8-13)15(21)17-6-7-20/h3-5,8,10-11,18,20H,6-7,9H2,1-2H3,(H,17,21). The molecule has 2 rings (SSSR count).